The molecular weight excluding hydrogens is 434 g/mol. The number of nitrogens with zero attached hydrogens (tertiary/aromatic N) is 1. The Bertz CT molecular complexity index is 733. The average Bonchev–Trinajstić information content (AvgIpc) is 2.65. The molecule has 0 spiro atoms. The summed E-state index contributed by atoms with van der Waals surface area (Å²) in [7, 11) is 0. The van der Waals surface area contributed by atoms with Crippen molar-refractivity contribution in [2.45, 2.75) is 78.2 Å². The molecule has 12 nitrogen and oxygen atoms in total. The third-order valence-electron chi connectivity index (χ3n) is 4.18. The largest absolute Gasteiger partial charge is 0.465 e. The van der Waals surface area contributed by atoms with Crippen molar-refractivity contribution in [1.29, 1.82) is 0 Å². The predicted molar refractivity (Wildman–Crippen MR) is 120 cm³/mol. The molecule has 0 fully saturated rings. The third kappa shape index (κ3) is 12.5. The fourth-order valence-electron chi connectivity index (χ4n) is 2.88. The Kier molecular flexibility index (Phi) is 12.1. The average molecular weight is 472 g/mol. The van der Waals surface area contributed by atoms with E-state index in [-0.39, 0.29) is 25.3 Å². The Morgan fingerprint density at radius 1 is 1.09 bits per heavy atom. The van der Waals surface area contributed by atoms with Gasteiger partial charge in [0.15, 0.2) is 0 Å². The number of carbonyl (C=O) groups is 5. The first-order valence-electron chi connectivity index (χ1n) is 10.6. The summed E-state index contributed by atoms with van der Waals surface area (Å²) >= 11 is 0. The molecule has 3 unspecified atom stereocenters. The summed E-state index contributed by atoms with van der Waals surface area (Å²) in [5.74, 6) is -2.88. The van der Waals surface area contributed by atoms with Crippen molar-refractivity contribution in [2.24, 2.45) is 11.7 Å². The van der Waals surface area contributed by atoms with E-state index < -0.39 is 53.5 Å². The van der Waals surface area contributed by atoms with Crippen LogP contribution in [-0.2, 0) is 23.9 Å². The lowest BCUT2D eigenvalue weighted by molar-refractivity contribution is -0.141. The van der Waals surface area contributed by atoms with Crippen LogP contribution in [0.5, 0.6) is 0 Å². The minimum Gasteiger partial charge on any atom is -0.465 e. The number of rotatable bonds is 12. The summed E-state index contributed by atoms with van der Waals surface area (Å²) in [4.78, 5) is 60.2. The number of hydrogen-bond donors (Lipinski definition) is 5. The van der Waals surface area contributed by atoms with Crippen LogP contribution in [0.1, 0.15) is 54.4 Å². The van der Waals surface area contributed by atoms with Crippen LogP contribution < -0.4 is 21.8 Å². The van der Waals surface area contributed by atoms with E-state index in [0.717, 1.165) is 11.1 Å². The number of nitrogens with one attached hydrogen (secondary N) is 3. The molecule has 0 heterocycles. The van der Waals surface area contributed by atoms with Gasteiger partial charge in [-0.25, -0.2) is 9.80 Å². The van der Waals surface area contributed by atoms with Crippen molar-refractivity contribution in [3.05, 3.63) is 12.7 Å². The Morgan fingerprint density at radius 3 is 2.09 bits per heavy atom. The number of carbonyl (C=O) groups excluding carboxylic acids is 4. The highest BCUT2D eigenvalue weighted by Gasteiger charge is 2.34. The summed E-state index contributed by atoms with van der Waals surface area (Å²) < 4.78 is 5.71. The molecule has 0 aliphatic carbocycles. The zero-order chi connectivity index (χ0) is 25.9. The number of ether oxygens (including phenoxy) is 1. The molecule has 0 aliphatic heterocycles. The fraction of sp³-hybridized carbons (Fsp3) is 0.667. The fourth-order valence-corrected chi connectivity index (χ4v) is 2.88. The minimum absolute atomic E-state index is 0.0376. The molecule has 33 heavy (non-hydrogen) atoms. The molecule has 0 saturated carbocycles. The van der Waals surface area contributed by atoms with Crippen LogP contribution in [0.15, 0.2) is 12.7 Å². The van der Waals surface area contributed by atoms with E-state index in [4.69, 9.17) is 15.6 Å². The third-order valence-corrected chi connectivity index (χ3v) is 4.18. The first-order valence-corrected chi connectivity index (χ1v) is 10.6. The number of amides is 5. The number of hydrazine groups is 1. The normalized spacial score (nSPS) is 13.9. The Balaban J connectivity index is 5.65. The first-order chi connectivity index (χ1) is 15.1. The first kappa shape index (κ1) is 29.9. The molecule has 6 N–H and O–H groups in total. The Morgan fingerprint density at radius 2 is 1.67 bits per heavy atom. The lowest BCUT2D eigenvalue weighted by Gasteiger charge is -2.31. The van der Waals surface area contributed by atoms with Crippen LogP contribution in [0, 0.1) is 5.92 Å². The van der Waals surface area contributed by atoms with Crippen molar-refractivity contribution in [1.82, 2.24) is 21.1 Å². The lowest BCUT2D eigenvalue weighted by Crippen LogP contribution is -2.60. The zero-order valence-corrected chi connectivity index (χ0v) is 20.1. The standard InChI is InChI=1S/C21H37N5O7/c1-8-16(28)26(10-9-15(22)27)25-18(29)14(11-12(2)3)23-19(30)17(24-20(31)32)13(4)33-21(5,6)7/h8,12-14,17,24H,1,9-11H2,2-7H3,(H2,22,27)(H,23,30)(H,25,29)(H,31,32). The maximum Gasteiger partial charge on any atom is 0.405 e. The van der Waals surface area contributed by atoms with Gasteiger partial charge in [0.1, 0.15) is 12.1 Å². The zero-order valence-electron chi connectivity index (χ0n) is 20.1. The Labute approximate surface area is 194 Å². The maximum atomic E-state index is 12.9. The molecule has 0 rings (SSSR count). The number of hydrogen-bond acceptors (Lipinski definition) is 6. The molecule has 0 aliphatic rings. The summed E-state index contributed by atoms with van der Waals surface area (Å²) in [6, 6.07) is -2.41. The SMILES string of the molecule is C=CC(=O)N(CCC(N)=O)NC(=O)C(CC(C)C)NC(=O)C(NC(=O)O)C(C)OC(C)(C)C. The molecule has 12 heteroatoms. The molecule has 0 saturated heterocycles. The van der Waals surface area contributed by atoms with Crippen molar-refractivity contribution in [2.75, 3.05) is 6.54 Å². The van der Waals surface area contributed by atoms with Gasteiger partial charge in [-0.1, -0.05) is 20.4 Å². The van der Waals surface area contributed by atoms with Gasteiger partial charge in [-0.15, -0.1) is 0 Å². The molecule has 188 valence electrons. The highest BCUT2D eigenvalue weighted by molar-refractivity contribution is 5.93. The van der Waals surface area contributed by atoms with Crippen molar-refractivity contribution >= 4 is 29.7 Å². The van der Waals surface area contributed by atoms with Crippen molar-refractivity contribution in [3.63, 3.8) is 0 Å². The molecule has 0 aromatic carbocycles. The van der Waals surface area contributed by atoms with E-state index >= 15 is 0 Å². The second-order valence-corrected chi connectivity index (χ2v) is 8.94. The predicted octanol–water partition coefficient (Wildman–Crippen LogP) is 0.278. The van der Waals surface area contributed by atoms with E-state index in [9.17, 15) is 24.0 Å². The molecule has 0 aromatic rings. The van der Waals surface area contributed by atoms with E-state index in [2.05, 4.69) is 22.6 Å². The smallest absolute Gasteiger partial charge is 0.405 e. The quantitative estimate of drug-likeness (QED) is 0.200. The number of nitrogens with two attached hydrogens (primary N) is 1. The molecule has 0 radical (unpaired) electrons. The van der Waals surface area contributed by atoms with Crippen molar-refractivity contribution < 1.29 is 33.8 Å². The molecule has 0 bridgehead atoms. The number of primary amides is 1. The number of carboxylic acid groups (broad SMARTS) is 1. The van der Waals surface area contributed by atoms with Gasteiger partial charge in [-0.05, 0) is 46.1 Å². The van der Waals surface area contributed by atoms with Crippen LogP contribution in [0.3, 0.4) is 0 Å². The molecule has 5 amide bonds. The van der Waals surface area contributed by atoms with E-state index in [0.29, 0.717) is 0 Å². The van der Waals surface area contributed by atoms with E-state index in [1.165, 1.54) is 6.92 Å². The van der Waals surface area contributed by atoms with Gasteiger partial charge >= 0.3 is 6.09 Å². The highest BCUT2D eigenvalue weighted by Crippen LogP contribution is 2.14. The maximum absolute atomic E-state index is 12.9. The molecule has 3 atom stereocenters. The van der Waals surface area contributed by atoms with Crippen molar-refractivity contribution in [3.8, 4) is 0 Å². The van der Waals surface area contributed by atoms with Gasteiger partial charge in [0.25, 0.3) is 11.8 Å². The highest BCUT2D eigenvalue weighted by atomic mass is 16.5. The van der Waals surface area contributed by atoms with E-state index in [1.807, 2.05) is 13.8 Å². The Hall–Kier alpha value is -3.15. The van der Waals surface area contributed by atoms with Gasteiger partial charge in [0.05, 0.1) is 18.2 Å². The van der Waals surface area contributed by atoms with E-state index in [1.54, 1.807) is 20.8 Å². The van der Waals surface area contributed by atoms with Crippen LogP contribution in [0.2, 0.25) is 0 Å². The topological polar surface area (TPSA) is 180 Å². The van der Waals surface area contributed by atoms with Gasteiger partial charge in [0, 0.05) is 6.42 Å². The van der Waals surface area contributed by atoms with Gasteiger partial charge in [-0.3, -0.25) is 24.6 Å². The molecule has 0 aromatic heterocycles. The monoisotopic (exact) mass is 471 g/mol. The van der Waals surface area contributed by atoms with Crippen LogP contribution in [0.4, 0.5) is 4.79 Å². The summed E-state index contributed by atoms with van der Waals surface area (Å²) in [6.07, 6.45) is -1.34. The van der Waals surface area contributed by atoms with Gasteiger partial charge in [0.2, 0.25) is 11.8 Å². The minimum atomic E-state index is -1.43. The van der Waals surface area contributed by atoms with Gasteiger partial charge < -0.3 is 26.2 Å². The second-order valence-electron chi connectivity index (χ2n) is 8.94. The van der Waals surface area contributed by atoms with Gasteiger partial charge in [-0.2, -0.15) is 0 Å². The summed E-state index contributed by atoms with van der Waals surface area (Å²) in [5, 5.41) is 14.7. The van der Waals surface area contributed by atoms with Crippen LogP contribution in [0.25, 0.3) is 0 Å². The summed E-state index contributed by atoms with van der Waals surface area (Å²) in [5.41, 5.74) is 6.82. The van der Waals surface area contributed by atoms with Crippen LogP contribution >= 0.6 is 0 Å². The summed E-state index contributed by atoms with van der Waals surface area (Å²) in [6.45, 7) is 13.6. The van der Waals surface area contributed by atoms with Crippen LogP contribution in [-0.4, -0.2) is 70.2 Å². The molecular formula is C21H37N5O7. The lowest BCUT2D eigenvalue weighted by atomic mass is 10.0. The second kappa shape index (κ2) is 13.4.